The lowest BCUT2D eigenvalue weighted by molar-refractivity contribution is 0.0623. The molecule has 1 saturated heterocycles. The van der Waals surface area contributed by atoms with Crippen molar-refractivity contribution in [3.8, 4) is 11.4 Å². The number of aromatic amines is 2. The summed E-state index contributed by atoms with van der Waals surface area (Å²) in [5, 5.41) is 14.2. The number of imide groups is 1. The molecule has 2 aromatic carbocycles. The van der Waals surface area contributed by atoms with Gasteiger partial charge in [0.05, 0.1) is 40.6 Å². The third-order valence-electron chi connectivity index (χ3n) is 6.95. The zero-order chi connectivity index (χ0) is 26.4. The number of fused-ring (bicyclic) bond motifs is 2. The Morgan fingerprint density at radius 2 is 1.97 bits per heavy atom. The van der Waals surface area contributed by atoms with Crippen molar-refractivity contribution in [2.75, 3.05) is 31.6 Å². The fourth-order valence-electron chi connectivity index (χ4n) is 4.96. The van der Waals surface area contributed by atoms with Crippen molar-refractivity contribution in [1.82, 2.24) is 19.9 Å². The molecule has 10 nitrogen and oxygen atoms in total. The monoisotopic (exact) mass is 533 g/mol. The number of nitrogens with zero attached hydrogens (tertiary/aromatic N) is 2. The molecule has 2 aliphatic rings. The number of H-pyrrole nitrogens is 2. The average Bonchev–Trinajstić information content (AvgIpc) is 3.62. The van der Waals surface area contributed by atoms with E-state index >= 15 is 0 Å². The number of carbonyl (C=O) groups excluding carboxylic acids is 2. The van der Waals surface area contributed by atoms with Gasteiger partial charge in [-0.3, -0.25) is 19.3 Å². The van der Waals surface area contributed by atoms with Crippen molar-refractivity contribution in [3.63, 3.8) is 0 Å². The lowest BCUT2D eigenvalue weighted by Crippen LogP contribution is -2.34. The first-order valence-corrected chi connectivity index (χ1v) is 12.6. The van der Waals surface area contributed by atoms with Crippen LogP contribution in [0.3, 0.4) is 0 Å². The van der Waals surface area contributed by atoms with Gasteiger partial charge in [-0.15, -0.1) is 0 Å². The van der Waals surface area contributed by atoms with Gasteiger partial charge in [-0.2, -0.15) is 0 Å². The fraction of sp³-hybridized carbons (Fsp3) is 0.259. The van der Waals surface area contributed by atoms with E-state index in [1.165, 1.54) is 11.1 Å². The molecule has 0 aliphatic carbocycles. The highest BCUT2D eigenvalue weighted by molar-refractivity contribution is 6.30. The zero-order valence-corrected chi connectivity index (χ0v) is 20.9. The van der Waals surface area contributed by atoms with Gasteiger partial charge in [0.1, 0.15) is 11.4 Å². The molecule has 0 unspecified atom stereocenters. The topological polar surface area (TPSA) is 140 Å². The van der Waals surface area contributed by atoms with Crippen LogP contribution in [0, 0.1) is 5.92 Å². The zero-order valence-electron chi connectivity index (χ0n) is 20.2. The second-order valence-corrected chi connectivity index (χ2v) is 9.93. The van der Waals surface area contributed by atoms with Crippen LogP contribution >= 0.6 is 11.6 Å². The van der Waals surface area contributed by atoms with Crippen LogP contribution in [-0.4, -0.2) is 63.1 Å². The van der Waals surface area contributed by atoms with Crippen LogP contribution in [0.4, 0.5) is 5.69 Å². The Balaban J connectivity index is 1.28. The van der Waals surface area contributed by atoms with Gasteiger partial charge < -0.3 is 25.1 Å². The van der Waals surface area contributed by atoms with E-state index in [9.17, 15) is 19.5 Å². The number of hydrogen-bond donors (Lipinski definition) is 4. The molecule has 194 valence electrons. The second kappa shape index (κ2) is 9.71. The van der Waals surface area contributed by atoms with Gasteiger partial charge in [0.25, 0.3) is 17.4 Å². The summed E-state index contributed by atoms with van der Waals surface area (Å²) in [5.74, 6) is -0.284. The Morgan fingerprint density at radius 1 is 1.16 bits per heavy atom. The van der Waals surface area contributed by atoms with Crippen molar-refractivity contribution < 1.29 is 19.4 Å². The van der Waals surface area contributed by atoms with Gasteiger partial charge in [-0.1, -0.05) is 23.7 Å². The second-order valence-electron chi connectivity index (χ2n) is 9.50. The minimum atomic E-state index is -0.866. The van der Waals surface area contributed by atoms with Crippen LogP contribution in [0.2, 0.25) is 5.02 Å². The van der Waals surface area contributed by atoms with Gasteiger partial charge in [-0.25, -0.2) is 4.98 Å². The molecule has 6 rings (SSSR count). The molecule has 11 heteroatoms. The molecule has 4 heterocycles. The predicted molar refractivity (Wildman–Crippen MR) is 141 cm³/mol. The number of nitrogens with one attached hydrogen (secondary N) is 3. The number of benzene rings is 2. The van der Waals surface area contributed by atoms with Crippen LogP contribution in [0.15, 0.2) is 53.5 Å². The van der Waals surface area contributed by atoms with E-state index in [2.05, 4.69) is 20.3 Å². The van der Waals surface area contributed by atoms with Gasteiger partial charge in [0.15, 0.2) is 0 Å². The molecule has 2 aromatic heterocycles. The van der Waals surface area contributed by atoms with Crippen molar-refractivity contribution in [2.24, 2.45) is 5.92 Å². The van der Waals surface area contributed by atoms with Crippen molar-refractivity contribution in [3.05, 3.63) is 80.7 Å². The number of ether oxygens (including phenoxy) is 1. The molecule has 0 spiro atoms. The number of aromatic nitrogens is 3. The van der Waals surface area contributed by atoms with E-state index in [0.29, 0.717) is 58.2 Å². The highest BCUT2D eigenvalue weighted by Crippen LogP contribution is 2.31. The highest BCUT2D eigenvalue weighted by Gasteiger charge is 2.38. The minimum absolute atomic E-state index is 0.121. The molecule has 2 amide bonds. The first-order valence-electron chi connectivity index (χ1n) is 12.3. The molecular formula is C27H24ClN5O5. The molecule has 2 aliphatic heterocycles. The molecule has 2 atom stereocenters. The van der Waals surface area contributed by atoms with Gasteiger partial charge >= 0.3 is 0 Å². The SMILES string of the molecule is O=C1c2cc3nc(-c4c(NC[C@@H](O)c5cccc(Cl)c5)cc[nH]c4=O)[nH]c3cc2C(=O)N1C[C@@H]1CCOC1. The Kier molecular flexibility index (Phi) is 6.22. The van der Waals surface area contributed by atoms with Gasteiger partial charge in [0, 0.05) is 36.8 Å². The Morgan fingerprint density at radius 3 is 2.74 bits per heavy atom. The van der Waals surface area contributed by atoms with Crippen molar-refractivity contribution >= 4 is 40.1 Å². The quantitative estimate of drug-likeness (QED) is 0.267. The number of aliphatic hydroxyl groups is 1. The van der Waals surface area contributed by atoms with E-state index in [1.54, 1.807) is 42.5 Å². The summed E-state index contributed by atoms with van der Waals surface area (Å²) >= 11 is 6.03. The van der Waals surface area contributed by atoms with Crippen LogP contribution in [0.1, 0.15) is 38.8 Å². The van der Waals surface area contributed by atoms with E-state index in [0.717, 1.165) is 6.42 Å². The third-order valence-corrected chi connectivity index (χ3v) is 7.19. The summed E-state index contributed by atoms with van der Waals surface area (Å²) in [6.45, 7) is 1.63. The van der Waals surface area contributed by atoms with Gasteiger partial charge in [-0.05, 0) is 42.3 Å². The summed E-state index contributed by atoms with van der Waals surface area (Å²) in [7, 11) is 0. The number of pyridine rings is 1. The maximum Gasteiger partial charge on any atom is 0.261 e. The number of carbonyl (C=O) groups is 2. The Bertz CT molecular complexity index is 1570. The summed E-state index contributed by atoms with van der Waals surface area (Å²) in [6, 6.07) is 11.8. The van der Waals surface area contributed by atoms with Crippen molar-refractivity contribution in [2.45, 2.75) is 12.5 Å². The first-order chi connectivity index (χ1) is 18.4. The maximum atomic E-state index is 13.0. The summed E-state index contributed by atoms with van der Waals surface area (Å²) in [6.07, 6.45) is 1.45. The third kappa shape index (κ3) is 4.36. The van der Waals surface area contributed by atoms with Crippen LogP contribution in [0.25, 0.3) is 22.4 Å². The van der Waals surface area contributed by atoms with Gasteiger partial charge in [0.2, 0.25) is 0 Å². The number of halogens is 1. The predicted octanol–water partition coefficient (Wildman–Crippen LogP) is 3.35. The largest absolute Gasteiger partial charge is 0.387 e. The molecule has 0 saturated carbocycles. The molecule has 0 radical (unpaired) electrons. The lowest BCUT2D eigenvalue weighted by Gasteiger charge is -2.17. The molecular weight excluding hydrogens is 510 g/mol. The standard InChI is InChI=1S/C27H24ClN5O5/c28-16-3-1-2-15(8-16)22(34)11-30-19-4-6-29-25(35)23(19)24-31-20-9-17-18(10-21(20)32-24)27(37)33(26(17)36)12-14-5-7-38-13-14/h1-4,6,8-10,14,22,34H,5,7,11-13H2,(H,31,32)(H2,29,30,35)/t14-,22+/m0/s1. The molecule has 4 aromatic rings. The Hall–Kier alpha value is -3.99. The molecule has 4 N–H and O–H groups in total. The summed E-state index contributed by atoms with van der Waals surface area (Å²) in [4.78, 5) is 50.5. The Labute approximate surface area is 221 Å². The lowest BCUT2D eigenvalue weighted by atomic mass is 10.1. The number of aliphatic hydroxyl groups excluding tert-OH is 1. The fourth-order valence-corrected chi connectivity index (χ4v) is 5.16. The number of rotatable bonds is 7. The van der Waals surface area contributed by atoms with Crippen LogP contribution in [0.5, 0.6) is 0 Å². The highest BCUT2D eigenvalue weighted by atomic mass is 35.5. The number of anilines is 1. The maximum absolute atomic E-state index is 13.0. The average molecular weight is 534 g/mol. The molecule has 38 heavy (non-hydrogen) atoms. The number of amides is 2. The van der Waals surface area contributed by atoms with Crippen LogP contribution in [-0.2, 0) is 4.74 Å². The van der Waals surface area contributed by atoms with E-state index in [1.807, 2.05) is 0 Å². The molecule has 1 fully saturated rings. The molecule has 0 bridgehead atoms. The summed E-state index contributed by atoms with van der Waals surface area (Å²) in [5.41, 5.74) is 2.53. The smallest absolute Gasteiger partial charge is 0.261 e. The first kappa shape index (κ1) is 24.4. The minimum Gasteiger partial charge on any atom is -0.387 e. The van der Waals surface area contributed by atoms with Crippen LogP contribution < -0.4 is 10.9 Å². The van der Waals surface area contributed by atoms with Crippen molar-refractivity contribution in [1.29, 1.82) is 0 Å². The number of imidazole rings is 1. The van der Waals surface area contributed by atoms with E-state index in [4.69, 9.17) is 16.3 Å². The number of hydrogen-bond acceptors (Lipinski definition) is 7. The van der Waals surface area contributed by atoms with E-state index < -0.39 is 11.7 Å². The summed E-state index contributed by atoms with van der Waals surface area (Å²) < 4.78 is 5.38. The normalized spacial score (nSPS) is 17.8. The van der Waals surface area contributed by atoms with E-state index in [-0.39, 0.29) is 35.7 Å².